The lowest BCUT2D eigenvalue weighted by molar-refractivity contribution is 0.0761. The summed E-state index contributed by atoms with van der Waals surface area (Å²) in [5.74, 6) is 0.567. The number of hydrogen-bond acceptors (Lipinski definition) is 5. The Morgan fingerprint density at radius 2 is 2.00 bits per heavy atom. The van der Waals surface area contributed by atoms with E-state index in [1.54, 1.807) is 6.20 Å². The van der Waals surface area contributed by atoms with Crippen LogP contribution in [0.1, 0.15) is 30.8 Å². The number of carbonyl (C=O) groups excluding carboxylic acids is 1. The number of hydrogen-bond donors (Lipinski definition) is 1. The summed E-state index contributed by atoms with van der Waals surface area (Å²) in [6, 6.07) is 4.10. The van der Waals surface area contributed by atoms with Gasteiger partial charge in [0.05, 0.1) is 6.10 Å². The number of aromatic nitrogens is 1. The molecular weight excluding hydrogens is 363 g/mol. The van der Waals surface area contributed by atoms with E-state index in [1.165, 1.54) is 0 Å². The largest absolute Gasteiger partial charge is 0.489 e. The summed E-state index contributed by atoms with van der Waals surface area (Å²) in [5, 5.41) is 3.37. The van der Waals surface area contributed by atoms with Gasteiger partial charge >= 0.3 is 0 Å². The van der Waals surface area contributed by atoms with E-state index in [4.69, 9.17) is 4.74 Å². The predicted octanol–water partition coefficient (Wildman–Crippen LogP) is 1.83. The van der Waals surface area contributed by atoms with Gasteiger partial charge in [-0.1, -0.05) is 0 Å². The van der Waals surface area contributed by atoms with Crippen molar-refractivity contribution in [2.24, 2.45) is 0 Å². The normalized spacial score (nSPS) is 20.8. The summed E-state index contributed by atoms with van der Waals surface area (Å²) < 4.78 is 5.74. The molecule has 1 aromatic heterocycles. The van der Waals surface area contributed by atoms with Crippen LogP contribution in [0.5, 0.6) is 5.75 Å². The Kier molecular flexibility index (Phi) is 8.93. The number of halogens is 2. The van der Waals surface area contributed by atoms with Gasteiger partial charge in [-0.05, 0) is 32.4 Å². The van der Waals surface area contributed by atoms with Gasteiger partial charge in [0.2, 0.25) is 0 Å². The minimum atomic E-state index is -0.0149. The zero-order chi connectivity index (χ0) is 16.2. The summed E-state index contributed by atoms with van der Waals surface area (Å²) in [6.45, 7) is 9.71. The van der Waals surface area contributed by atoms with Crippen molar-refractivity contribution in [3.05, 3.63) is 24.0 Å². The van der Waals surface area contributed by atoms with E-state index in [0.717, 1.165) is 45.7 Å². The number of amides is 1. The van der Waals surface area contributed by atoms with Gasteiger partial charge in [0, 0.05) is 51.5 Å². The van der Waals surface area contributed by atoms with Crippen LogP contribution in [-0.4, -0.2) is 72.1 Å². The van der Waals surface area contributed by atoms with Crippen molar-refractivity contribution in [1.82, 2.24) is 20.1 Å². The zero-order valence-electron chi connectivity index (χ0n) is 14.8. The third-order valence-electron chi connectivity index (χ3n) is 4.45. The van der Waals surface area contributed by atoms with Crippen molar-refractivity contribution in [1.29, 1.82) is 0 Å². The van der Waals surface area contributed by atoms with E-state index in [1.807, 2.05) is 30.9 Å². The van der Waals surface area contributed by atoms with Gasteiger partial charge in [-0.2, -0.15) is 0 Å². The van der Waals surface area contributed by atoms with Crippen LogP contribution in [0.3, 0.4) is 0 Å². The second kappa shape index (κ2) is 10.2. The van der Waals surface area contributed by atoms with Gasteiger partial charge in [0.15, 0.2) is 11.4 Å². The van der Waals surface area contributed by atoms with Crippen LogP contribution < -0.4 is 10.1 Å². The average Bonchev–Trinajstić information content (AvgIpc) is 3.05. The molecule has 1 N–H and O–H groups in total. The standard InChI is InChI=1S/C17H26N4O2.2ClH/c1-13(2)23-15-4-3-6-19-16(15)17(22)21-9-5-14(12-21)20-10-7-18-8-11-20;;/h3-4,6,13-14,18H,5,7-12H2,1-2H3;2*1H. The van der Waals surface area contributed by atoms with Crippen molar-refractivity contribution < 1.29 is 9.53 Å². The van der Waals surface area contributed by atoms with E-state index in [2.05, 4.69) is 15.2 Å². The lowest BCUT2D eigenvalue weighted by atomic mass is 10.2. The number of likely N-dealkylation sites (tertiary alicyclic amines) is 1. The highest BCUT2D eigenvalue weighted by Gasteiger charge is 2.32. The maximum absolute atomic E-state index is 12.8. The quantitative estimate of drug-likeness (QED) is 0.849. The van der Waals surface area contributed by atoms with Crippen molar-refractivity contribution in [3.8, 4) is 5.75 Å². The molecule has 6 nitrogen and oxygen atoms in total. The Balaban J connectivity index is 0.00000156. The minimum Gasteiger partial charge on any atom is -0.489 e. The van der Waals surface area contributed by atoms with Crippen molar-refractivity contribution in [2.75, 3.05) is 39.3 Å². The van der Waals surface area contributed by atoms with Crippen LogP contribution in [0, 0.1) is 0 Å². The molecule has 2 aliphatic heterocycles. The molecule has 2 fully saturated rings. The highest BCUT2D eigenvalue weighted by atomic mass is 35.5. The molecule has 8 heteroatoms. The number of carbonyl (C=O) groups is 1. The van der Waals surface area contributed by atoms with Crippen LogP contribution >= 0.6 is 24.8 Å². The first kappa shape index (κ1) is 22.0. The fourth-order valence-electron chi connectivity index (χ4n) is 3.32. The molecule has 3 rings (SSSR count). The fourth-order valence-corrected chi connectivity index (χ4v) is 3.32. The Labute approximate surface area is 162 Å². The van der Waals surface area contributed by atoms with Crippen LogP contribution in [0.25, 0.3) is 0 Å². The summed E-state index contributed by atoms with van der Waals surface area (Å²) in [4.78, 5) is 21.5. The predicted molar refractivity (Wildman–Crippen MR) is 103 cm³/mol. The number of piperazine rings is 1. The van der Waals surface area contributed by atoms with Crippen LogP contribution in [0.4, 0.5) is 0 Å². The molecule has 2 aliphatic rings. The van der Waals surface area contributed by atoms with Gasteiger partial charge in [0.1, 0.15) is 0 Å². The first-order valence-corrected chi connectivity index (χ1v) is 8.51. The number of rotatable bonds is 4. The molecule has 1 amide bonds. The van der Waals surface area contributed by atoms with E-state index in [9.17, 15) is 4.79 Å². The van der Waals surface area contributed by atoms with Crippen molar-refractivity contribution >= 4 is 30.7 Å². The van der Waals surface area contributed by atoms with Gasteiger partial charge in [-0.25, -0.2) is 4.98 Å². The third-order valence-corrected chi connectivity index (χ3v) is 4.45. The second-order valence-electron chi connectivity index (χ2n) is 6.50. The lowest BCUT2D eigenvalue weighted by Crippen LogP contribution is -2.49. The molecular formula is C17H28Cl2N4O2. The Hall–Kier alpha value is -1.08. The minimum absolute atomic E-state index is 0. The highest BCUT2D eigenvalue weighted by molar-refractivity contribution is 5.95. The topological polar surface area (TPSA) is 57.7 Å². The summed E-state index contributed by atoms with van der Waals surface area (Å²) in [6.07, 6.45) is 2.72. The monoisotopic (exact) mass is 390 g/mol. The van der Waals surface area contributed by atoms with E-state index in [0.29, 0.717) is 17.5 Å². The van der Waals surface area contributed by atoms with Gasteiger partial charge in [-0.15, -0.1) is 24.8 Å². The maximum atomic E-state index is 12.8. The molecule has 0 aliphatic carbocycles. The maximum Gasteiger partial charge on any atom is 0.276 e. The van der Waals surface area contributed by atoms with Gasteiger partial charge in [-0.3, -0.25) is 9.69 Å². The first-order valence-electron chi connectivity index (χ1n) is 8.51. The van der Waals surface area contributed by atoms with Crippen molar-refractivity contribution in [3.63, 3.8) is 0 Å². The summed E-state index contributed by atoms with van der Waals surface area (Å²) in [7, 11) is 0. The van der Waals surface area contributed by atoms with Gasteiger partial charge < -0.3 is 15.0 Å². The molecule has 25 heavy (non-hydrogen) atoms. The van der Waals surface area contributed by atoms with Crippen LogP contribution in [-0.2, 0) is 0 Å². The zero-order valence-corrected chi connectivity index (χ0v) is 16.4. The number of nitrogens with zero attached hydrogens (tertiary/aromatic N) is 3. The molecule has 2 saturated heterocycles. The Bertz CT molecular complexity index is 553. The highest BCUT2D eigenvalue weighted by Crippen LogP contribution is 2.23. The molecule has 142 valence electrons. The van der Waals surface area contributed by atoms with E-state index < -0.39 is 0 Å². The first-order chi connectivity index (χ1) is 11.1. The molecule has 1 aromatic rings. The lowest BCUT2D eigenvalue weighted by Gasteiger charge is -2.32. The number of pyridine rings is 1. The SMILES string of the molecule is CC(C)Oc1cccnc1C(=O)N1CCC(N2CCNCC2)C1.Cl.Cl. The molecule has 1 atom stereocenters. The third kappa shape index (κ3) is 5.45. The molecule has 0 bridgehead atoms. The van der Waals surface area contributed by atoms with Crippen LogP contribution in [0.15, 0.2) is 18.3 Å². The molecule has 1 unspecified atom stereocenters. The smallest absolute Gasteiger partial charge is 0.276 e. The Morgan fingerprint density at radius 1 is 1.28 bits per heavy atom. The molecule has 0 radical (unpaired) electrons. The van der Waals surface area contributed by atoms with E-state index >= 15 is 0 Å². The molecule has 0 saturated carbocycles. The van der Waals surface area contributed by atoms with E-state index in [-0.39, 0.29) is 36.8 Å². The summed E-state index contributed by atoms with van der Waals surface area (Å²) >= 11 is 0. The van der Waals surface area contributed by atoms with Crippen molar-refractivity contribution in [2.45, 2.75) is 32.4 Å². The number of nitrogens with one attached hydrogen (secondary N) is 1. The number of ether oxygens (including phenoxy) is 1. The molecule has 3 heterocycles. The summed E-state index contributed by atoms with van der Waals surface area (Å²) in [5.41, 5.74) is 0.433. The molecule has 0 spiro atoms. The molecule has 0 aromatic carbocycles. The fraction of sp³-hybridized carbons (Fsp3) is 0.647. The Morgan fingerprint density at radius 3 is 2.68 bits per heavy atom. The van der Waals surface area contributed by atoms with Gasteiger partial charge in [0.25, 0.3) is 5.91 Å². The second-order valence-corrected chi connectivity index (χ2v) is 6.50. The van der Waals surface area contributed by atoms with Crippen LogP contribution in [0.2, 0.25) is 0 Å². The average molecular weight is 391 g/mol.